The van der Waals surface area contributed by atoms with E-state index in [4.69, 9.17) is 4.74 Å². The number of nitrogens with one attached hydrogen (secondary N) is 1. The molecule has 0 saturated heterocycles. The molecule has 108 valence electrons. The van der Waals surface area contributed by atoms with E-state index in [2.05, 4.69) is 5.32 Å². The maximum absolute atomic E-state index is 12.4. The summed E-state index contributed by atoms with van der Waals surface area (Å²) in [4.78, 5) is 12.4. The zero-order chi connectivity index (χ0) is 15.2. The van der Waals surface area contributed by atoms with Crippen molar-refractivity contribution in [1.29, 1.82) is 0 Å². The highest BCUT2D eigenvalue weighted by molar-refractivity contribution is 6.06. The molecule has 0 aliphatic rings. The van der Waals surface area contributed by atoms with Crippen molar-refractivity contribution in [3.8, 4) is 11.5 Å². The van der Waals surface area contributed by atoms with Gasteiger partial charge in [0.15, 0.2) is 0 Å². The van der Waals surface area contributed by atoms with Gasteiger partial charge in [0.05, 0.1) is 5.56 Å². The third kappa shape index (κ3) is 3.33. The van der Waals surface area contributed by atoms with Crippen LogP contribution in [-0.4, -0.2) is 5.91 Å². The molecule has 0 aliphatic heterocycles. The van der Waals surface area contributed by atoms with Gasteiger partial charge >= 0.3 is 0 Å². The lowest BCUT2D eigenvalue weighted by Gasteiger charge is -2.11. The predicted molar refractivity (Wildman–Crippen MR) is 87.4 cm³/mol. The maximum Gasteiger partial charge on any atom is 0.259 e. The second-order valence-corrected chi connectivity index (χ2v) is 4.73. The van der Waals surface area contributed by atoms with Gasteiger partial charge in [-0.15, -0.1) is 0 Å². The lowest BCUT2D eigenvalue weighted by Crippen LogP contribution is -2.12. The summed E-state index contributed by atoms with van der Waals surface area (Å²) in [6, 6.07) is 25.9. The highest BCUT2D eigenvalue weighted by Crippen LogP contribution is 2.25. The molecule has 22 heavy (non-hydrogen) atoms. The Bertz CT molecular complexity index is 755. The first-order chi connectivity index (χ1) is 10.8. The SMILES string of the molecule is O=C(Nc1ccccc1)c1ccccc1Oc1ccccc1. The summed E-state index contributed by atoms with van der Waals surface area (Å²) < 4.78 is 5.81. The first kappa shape index (κ1) is 13.9. The van der Waals surface area contributed by atoms with Gasteiger partial charge in [-0.05, 0) is 36.4 Å². The van der Waals surface area contributed by atoms with Crippen LogP contribution in [0.15, 0.2) is 84.9 Å². The van der Waals surface area contributed by atoms with E-state index in [0.717, 1.165) is 5.69 Å². The third-order valence-electron chi connectivity index (χ3n) is 3.13. The second kappa shape index (κ2) is 6.59. The van der Waals surface area contributed by atoms with Crippen molar-refractivity contribution < 1.29 is 9.53 Å². The molecule has 0 atom stereocenters. The molecule has 3 aromatic rings. The molecule has 0 fully saturated rings. The number of hydrogen-bond acceptors (Lipinski definition) is 2. The van der Waals surface area contributed by atoms with Crippen LogP contribution in [0, 0.1) is 0 Å². The van der Waals surface area contributed by atoms with Crippen LogP contribution in [-0.2, 0) is 0 Å². The molecule has 0 aliphatic carbocycles. The van der Waals surface area contributed by atoms with Gasteiger partial charge < -0.3 is 10.1 Å². The van der Waals surface area contributed by atoms with E-state index in [1.807, 2.05) is 72.8 Å². The van der Waals surface area contributed by atoms with Crippen LogP contribution in [0.1, 0.15) is 10.4 Å². The molecule has 0 spiro atoms. The molecular weight excluding hydrogens is 274 g/mol. The lowest BCUT2D eigenvalue weighted by atomic mass is 10.2. The largest absolute Gasteiger partial charge is 0.457 e. The average molecular weight is 289 g/mol. The number of benzene rings is 3. The minimum Gasteiger partial charge on any atom is -0.457 e. The zero-order valence-corrected chi connectivity index (χ0v) is 11.9. The Morgan fingerprint density at radius 3 is 2.05 bits per heavy atom. The van der Waals surface area contributed by atoms with Crippen LogP contribution in [0.5, 0.6) is 11.5 Å². The lowest BCUT2D eigenvalue weighted by molar-refractivity contribution is 0.102. The predicted octanol–water partition coefficient (Wildman–Crippen LogP) is 4.73. The number of para-hydroxylation sites is 3. The molecule has 0 aromatic heterocycles. The van der Waals surface area contributed by atoms with E-state index < -0.39 is 0 Å². The Morgan fingerprint density at radius 1 is 0.727 bits per heavy atom. The molecule has 1 N–H and O–H groups in total. The summed E-state index contributed by atoms with van der Waals surface area (Å²) in [6.07, 6.45) is 0. The van der Waals surface area contributed by atoms with Crippen LogP contribution in [0.25, 0.3) is 0 Å². The summed E-state index contributed by atoms with van der Waals surface area (Å²) in [6.45, 7) is 0. The Hall–Kier alpha value is -3.07. The quantitative estimate of drug-likeness (QED) is 0.754. The summed E-state index contributed by atoms with van der Waals surface area (Å²) in [7, 11) is 0. The van der Waals surface area contributed by atoms with E-state index in [1.54, 1.807) is 12.1 Å². The zero-order valence-electron chi connectivity index (χ0n) is 11.9. The standard InChI is InChI=1S/C19H15NO2/c21-19(20-15-9-3-1-4-10-15)17-13-7-8-14-18(17)22-16-11-5-2-6-12-16/h1-14H,(H,20,21). The highest BCUT2D eigenvalue weighted by Gasteiger charge is 2.12. The Labute approximate surface area is 129 Å². The molecule has 3 rings (SSSR count). The van der Waals surface area contributed by atoms with Crippen molar-refractivity contribution in [1.82, 2.24) is 0 Å². The van der Waals surface area contributed by atoms with Gasteiger partial charge in [0.1, 0.15) is 11.5 Å². The first-order valence-corrected chi connectivity index (χ1v) is 7.01. The number of hydrogen-bond donors (Lipinski definition) is 1. The van der Waals surface area contributed by atoms with Gasteiger partial charge in [0, 0.05) is 5.69 Å². The van der Waals surface area contributed by atoms with Crippen LogP contribution in [0.3, 0.4) is 0 Å². The van der Waals surface area contributed by atoms with Crippen molar-refractivity contribution in [3.05, 3.63) is 90.5 Å². The Morgan fingerprint density at radius 2 is 1.32 bits per heavy atom. The number of carbonyl (C=O) groups excluding carboxylic acids is 1. The van der Waals surface area contributed by atoms with Gasteiger partial charge in [-0.3, -0.25) is 4.79 Å². The normalized spacial score (nSPS) is 10.0. The van der Waals surface area contributed by atoms with Gasteiger partial charge in [0.2, 0.25) is 0 Å². The number of anilines is 1. The van der Waals surface area contributed by atoms with Gasteiger partial charge in [-0.1, -0.05) is 48.5 Å². The van der Waals surface area contributed by atoms with Crippen molar-refractivity contribution in [2.24, 2.45) is 0 Å². The van der Waals surface area contributed by atoms with Gasteiger partial charge in [-0.25, -0.2) is 0 Å². The molecule has 0 bridgehead atoms. The van der Waals surface area contributed by atoms with Crippen molar-refractivity contribution in [2.75, 3.05) is 5.32 Å². The molecule has 3 aromatic carbocycles. The second-order valence-electron chi connectivity index (χ2n) is 4.73. The molecule has 0 unspecified atom stereocenters. The minimum absolute atomic E-state index is 0.197. The summed E-state index contributed by atoms with van der Waals surface area (Å²) >= 11 is 0. The molecular formula is C19H15NO2. The van der Waals surface area contributed by atoms with Crippen LogP contribution >= 0.6 is 0 Å². The number of ether oxygens (including phenoxy) is 1. The van der Waals surface area contributed by atoms with Crippen molar-refractivity contribution >= 4 is 11.6 Å². The number of rotatable bonds is 4. The molecule has 3 nitrogen and oxygen atoms in total. The topological polar surface area (TPSA) is 38.3 Å². The fourth-order valence-corrected chi connectivity index (χ4v) is 2.08. The molecule has 0 saturated carbocycles. The fourth-order valence-electron chi connectivity index (χ4n) is 2.08. The maximum atomic E-state index is 12.4. The monoisotopic (exact) mass is 289 g/mol. The average Bonchev–Trinajstić information content (AvgIpc) is 2.57. The van der Waals surface area contributed by atoms with Crippen LogP contribution in [0.4, 0.5) is 5.69 Å². The third-order valence-corrected chi connectivity index (χ3v) is 3.13. The number of carbonyl (C=O) groups is 1. The van der Waals surface area contributed by atoms with Crippen LogP contribution in [0.2, 0.25) is 0 Å². The van der Waals surface area contributed by atoms with Crippen LogP contribution < -0.4 is 10.1 Å². The smallest absolute Gasteiger partial charge is 0.259 e. The van der Waals surface area contributed by atoms with Gasteiger partial charge in [0.25, 0.3) is 5.91 Å². The summed E-state index contributed by atoms with van der Waals surface area (Å²) in [5.74, 6) is 1.03. The van der Waals surface area contributed by atoms with E-state index in [9.17, 15) is 4.79 Å². The summed E-state index contributed by atoms with van der Waals surface area (Å²) in [5, 5.41) is 2.87. The highest BCUT2D eigenvalue weighted by atomic mass is 16.5. The number of amides is 1. The summed E-state index contributed by atoms with van der Waals surface area (Å²) in [5.41, 5.74) is 1.25. The minimum atomic E-state index is -0.197. The van der Waals surface area contributed by atoms with E-state index in [0.29, 0.717) is 17.1 Å². The Balaban J connectivity index is 1.83. The fraction of sp³-hybridized carbons (Fsp3) is 0. The van der Waals surface area contributed by atoms with E-state index >= 15 is 0 Å². The first-order valence-electron chi connectivity index (χ1n) is 7.01. The molecule has 0 radical (unpaired) electrons. The van der Waals surface area contributed by atoms with E-state index in [-0.39, 0.29) is 5.91 Å². The van der Waals surface area contributed by atoms with Crippen molar-refractivity contribution in [2.45, 2.75) is 0 Å². The molecule has 1 amide bonds. The Kier molecular flexibility index (Phi) is 4.16. The molecule has 3 heteroatoms. The van der Waals surface area contributed by atoms with E-state index in [1.165, 1.54) is 0 Å². The van der Waals surface area contributed by atoms with Crippen molar-refractivity contribution in [3.63, 3.8) is 0 Å². The molecule has 0 heterocycles. The van der Waals surface area contributed by atoms with Gasteiger partial charge in [-0.2, -0.15) is 0 Å².